The normalized spacial score (nSPS) is 15.3. The molecule has 4 rings (SSSR count). The van der Waals surface area contributed by atoms with Gasteiger partial charge in [0.15, 0.2) is 5.72 Å². The van der Waals surface area contributed by atoms with Crippen molar-refractivity contribution in [3.63, 3.8) is 0 Å². The van der Waals surface area contributed by atoms with Gasteiger partial charge in [0.2, 0.25) is 0 Å². The number of hydrogen-bond acceptors (Lipinski definition) is 4. The fraction of sp³-hybridized carbons (Fsp3) is 0.143. The Balaban J connectivity index is 1.85. The molecule has 6 heteroatoms. The molecule has 0 amide bonds. The van der Waals surface area contributed by atoms with E-state index in [4.69, 9.17) is 23.2 Å². The predicted octanol–water partition coefficient (Wildman–Crippen LogP) is 4.67. The van der Waals surface area contributed by atoms with Gasteiger partial charge in [-0.25, -0.2) is 0 Å². The first kappa shape index (κ1) is 18.0. The molecule has 1 unspecified atom stereocenters. The Bertz CT molecular complexity index is 973. The Hall–Kier alpha value is -2.40. The van der Waals surface area contributed by atoms with Crippen molar-refractivity contribution in [2.45, 2.75) is 12.1 Å². The second-order valence-electron chi connectivity index (χ2n) is 6.45. The average molecular weight is 398 g/mol. The summed E-state index contributed by atoms with van der Waals surface area (Å²) in [7, 11) is 0. The fourth-order valence-electron chi connectivity index (χ4n) is 3.27. The highest BCUT2D eigenvalue weighted by atomic mass is 35.5. The monoisotopic (exact) mass is 397 g/mol. The first-order chi connectivity index (χ1) is 13.1. The summed E-state index contributed by atoms with van der Waals surface area (Å²) in [5, 5.41) is 12.8. The molecule has 4 nitrogen and oxygen atoms in total. The summed E-state index contributed by atoms with van der Waals surface area (Å²) >= 11 is 12.4. The van der Waals surface area contributed by atoms with E-state index in [9.17, 15) is 5.11 Å². The first-order valence-corrected chi connectivity index (χ1v) is 9.28. The maximum Gasteiger partial charge on any atom is 0.170 e. The molecule has 1 aliphatic rings. The van der Waals surface area contributed by atoms with Crippen LogP contribution in [0.4, 0.5) is 0 Å². The highest BCUT2D eigenvalue weighted by Gasteiger charge is 2.39. The smallest absolute Gasteiger partial charge is 0.170 e. The molecule has 2 aromatic heterocycles. The fourth-order valence-corrected chi connectivity index (χ4v) is 3.80. The van der Waals surface area contributed by atoms with Crippen LogP contribution in [0.25, 0.3) is 11.3 Å². The van der Waals surface area contributed by atoms with E-state index in [2.05, 4.69) is 9.97 Å². The molecular formula is C21H17Cl2N3O. The van der Waals surface area contributed by atoms with Gasteiger partial charge in [0.25, 0.3) is 0 Å². The quantitative estimate of drug-likeness (QED) is 0.679. The van der Waals surface area contributed by atoms with Crippen molar-refractivity contribution in [2.75, 3.05) is 6.54 Å². The lowest BCUT2D eigenvalue weighted by atomic mass is 9.89. The number of rotatable bonds is 5. The van der Waals surface area contributed by atoms with E-state index in [0.29, 0.717) is 34.3 Å². The Morgan fingerprint density at radius 3 is 2.44 bits per heavy atom. The molecule has 27 heavy (non-hydrogen) atoms. The minimum Gasteiger partial charge on any atom is -0.366 e. The third-order valence-electron chi connectivity index (χ3n) is 4.61. The topological polar surface area (TPSA) is 49.3 Å². The molecule has 1 aliphatic heterocycles. The zero-order valence-electron chi connectivity index (χ0n) is 14.4. The number of nitrogens with zero attached hydrogens (tertiary/aromatic N) is 3. The molecule has 0 aliphatic carbocycles. The molecule has 0 radical (unpaired) electrons. The van der Waals surface area contributed by atoms with Gasteiger partial charge < -0.3 is 10.0 Å². The third kappa shape index (κ3) is 3.56. The largest absolute Gasteiger partial charge is 0.366 e. The Morgan fingerprint density at radius 1 is 1.07 bits per heavy atom. The van der Waals surface area contributed by atoms with Gasteiger partial charge in [-0.1, -0.05) is 35.3 Å². The van der Waals surface area contributed by atoms with Crippen molar-refractivity contribution in [3.8, 4) is 11.3 Å². The van der Waals surface area contributed by atoms with E-state index in [1.165, 1.54) is 0 Å². The van der Waals surface area contributed by atoms with Gasteiger partial charge in [-0.3, -0.25) is 9.97 Å². The van der Waals surface area contributed by atoms with Crippen LogP contribution < -0.4 is 0 Å². The van der Waals surface area contributed by atoms with Crippen LogP contribution in [0.5, 0.6) is 0 Å². The highest BCUT2D eigenvalue weighted by molar-refractivity contribution is 6.35. The summed E-state index contributed by atoms with van der Waals surface area (Å²) in [6, 6.07) is 12.8. The second-order valence-corrected chi connectivity index (χ2v) is 7.32. The van der Waals surface area contributed by atoms with Crippen LogP contribution in [0.1, 0.15) is 11.1 Å². The molecule has 3 aromatic rings. The van der Waals surface area contributed by atoms with Gasteiger partial charge in [0.1, 0.15) is 0 Å². The van der Waals surface area contributed by atoms with Crippen molar-refractivity contribution in [3.05, 3.63) is 94.5 Å². The molecule has 0 spiro atoms. The maximum absolute atomic E-state index is 11.8. The van der Waals surface area contributed by atoms with Gasteiger partial charge in [-0.15, -0.1) is 0 Å². The molecular weight excluding hydrogens is 381 g/mol. The van der Waals surface area contributed by atoms with Crippen LogP contribution in [-0.4, -0.2) is 26.5 Å². The number of aliphatic hydroxyl groups is 1. The van der Waals surface area contributed by atoms with Crippen molar-refractivity contribution in [2.24, 2.45) is 0 Å². The van der Waals surface area contributed by atoms with Gasteiger partial charge in [0, 0.05) is 58.9 Å². The summed E-state index contributed by atoms with van der Waals surface area (Å²) in [5.41, 5.74) is 1.76. The van der Waals surface area contributed by atoms with Gasteiger partial charge in [-0.2, -0.15) is 0 Å². The summed E-state index contributed by atoms with van der Waals surface area (Å²) in [6.45, 7) is 0.654. The van der Waals surface area contributed by atoms with Gasteiger partial charge in [-0.05, 0) is 42.0 Å². The third-order valence-corrected chi connectivity index (χ3v) is 5.05. The zero-order chi connectivity index (χ0) is 18.9. The molecule has 0 saturated carbocycles. The Labute approximate surface area is 167 Å². The van der Waals surface area contributed by atoms with Crippen LogP contribution in [0.3, 0.4) is 0 Å². The lowest BCUT2D eigenvalue weighted by Gasteiger charge is -2.43. The molecule has 0 fully saturated rings. The lowest BCUT2D eigenvalue weighted by Crippen LogP contribution is -2.48. The molecule has 3 heterocycles. The minimum atomic E-state index is -1.27. The standard InChI is InChI=1S/C21H17Cl2N3O/c22-17-10-16(11-18(23)12-17)20-19(5-2-7-25-20)21(27,26-8-3-9-26)13-15-4-1-6-24-14-15/h1-8,10-12,14,27H,9,13H2. The van der Waals surface area contributed by atoms with E-state index in [1.54, 1.807) is 36.8 Å². The molecule has 1 atom stereocenters. The van der Waals surface area contributed by atoms with E-state index >= 15 is 0 Å². The number of aromatic nitrogens is 2. The summed E-state index contributed by atoms with van der Waals surface area (Å²) in [5.74, 6) is 0. The maximum atomic E-state index is 11.8. The Morgan fingerprint density at radius 2 is 1.81 bits per heavy atom. The van der Waals surface area contributed by atoms with E-state index in [0.717, 1.165) is 11.1 Å². The van der Waals surface area contributed by atoms with Gasteiger partial charge >= 0.3 is 0 Å². The predicted molar refractivity (Wildman–Crippen MR) is 107 cm³/mol. The number of benzene rings is 1. The Kier molecular flexibility index (Phi) is 4.87. The van der Waals surface area contributed by atoms with E-state index in [1.807, 2.05) is 41.4 Å². The summed E-state index contributed by atoms with van der Waals surface area (Å²) < 4.78 is 0. The SMILES string of the molecule is OC(Cc1cccnc1)(c1cccnc1-c1cc(Cl)cc(Cl)c1)N1C=CC1. The zero-order valence-corrected chi connectivity index (χ0v) is 15.9. The van der Waals surface area contributed by atoms with Crippen molar-refractivity contribution >= 4 is 23.2 Å². The van der Waals surface area contributed by atoms with Crippen molar-refractivity contribution < 1.29 is 5.11 Å². The van der Waals surface area contributed by atoms with Crippen LogP contribution in [-0.2, 0) is 12.1 Å². The minimum absolute atomic E-state index is 0.373. The molecule has 0 bridgehead atoms. The van der Waals surface area contributed by atoms with Crippen LogP contribution in [0, 0.1) is 0 Å². The molecule has 0 saturated heterocycles. The number of pyridine rings is 2. The lowest BCUT2D eigenvalue weighted by molar-refractivity contribution is -0.0929. The summed E-state index contributed by atoms with van der Waals surface area (Å²) in [4.78, 5) is 10.6. The molecule has 1 N–H and O–H groups in total. The van der Waals surface area contributed by atoms with Gasteiger partial charge in [0.05, 0.1) is 5.69 Å². The highest BCUT2D eigenvalue weighted by Crippen LogP contribution is 2.38. The van der Waals surface area contributed by atoms with Crippen molar-refractivity contribution in [1.82, 2.24) is 14.9 Å². The van der Waals surface area contributed by atoms with E-state index < -0.39 is 5.72 Å². The summed E-state index contributed by atoms with van der Waals surface area (Å²) in [6.07, 6.45) is 9.44. The molecule has 136 valence electrons. The van der Waals surface area contributed by atoms with Crippen LogP contribution >= 0.6 is 23.2 Å². The molecule has 1 aromatic carbocycles. The van der Waals surface area contributed by atoms with Crippen LogP contribution in [0.2, 0.25) is 10.0 Å². The van der Waals surface area contributed by atoms with Crippen molar-refractivity contribution in [1.29, 1.82) is 0 Å². The average Bonchev–Trinajstić information content (AvgIpc) is 2.60. The van der Waals surface area contributed by atoms with E-state index in [-0.39, 0.29) is 0 Å². The number of hydrogen-bond donors (Lipinski definition) is 1. The number of halogens is 2. The second kappa shape index (κ2) is 7.31. The first-order valence-electron chi connectivity index (χ1n) is 8.53. The van der Waals surface area contributed by atoms with Crippen LogP contribution in [0.15, 0.2) is 73.3 Å².